The summed E-state index contributed by atoms with van der Waals surface area (Å²) in [5.41, 5.74) is 1.16. The summed E-state index contributed by atoms with van der Waals surface area (Å²) in [5.74, 6) is 0. The lowest BCUT2D eigenvalue weighted by Crippen LogP contribution is -1.61. The maximum atomic E-state index is 3.64. The summed E-state index contributed by atoms with van der Waals surface area (Å²) in [6, 6.07) is 0. The van der Waals surface area contributed by atoms with Gasteiger partial charge in [-0.2, -0.15) is 0 Å². The molecule has 13 heavy (non-hydrogen) atoms. The quantitative estimate of drug-likeness (QED) is 0.555. The van der Waals surface area contributed by atoms with Crippen molar-refractivity contribution >= 4 is 0 Å². The molecule has 0 spiro atoms. The van der Waals surface area contributed by atoms with Gasteiger partial charge in [-0.1, -0.05) is 75.1 Å². The molecule has 0 saturated carbocycles. The van der Waals surface area contributed by atoms with Crippen LogP contribution in [0.15, 0.2) is 61.3 Å². The Hall–Kier alpha value is -1.30. The van der Waals surface area contributed by atoms with E-state index in [1.54, 1.807) is 6.08 Å². The third-order valence-corrected chi connectivity index (χ3v) is 1.15. The zero-order valence-corrected chi connectivity index (χ0v) is 8.96. The van der Waals surface area contributed by atoms with Crippen molar-refractivity contribution < 1.29 is 0 Å². The second-order valence-corrected chi connectivity index (χ2v) is 2.12. The van der Waals surface area contributed by atoms with Crippen molar-refractivity contribution in [3.05, 3.63) is 61.3 Å². The minimum atomic E-state index is 1.16. The minimum Gasteiger partial charge on any atom is -0.0991 e. The van der Waals surface area contributed by atoms with Gasteiger partial charge in [0, 0.05) is 0 Å². The summed E-state index contributed by atoms with van der Waals surface area (Å²) < 4.78 is 0. The summed E-state index contributed by atoms with van der Waals surface area (Å²) >= 11 is 0. The van der Waals surface area contributed by atoms with Crippen LogP contribution in [-0.2, 0) is 0 Å². The minimum absolute atomic E-state index is 1.16. The Kier molecular flexibility index (Phi) is 14.6. The van der Waals surface area contributed by atoms with Gasteiger partial charge in [-0.25, -0.2) is 0 Å². The van der Waals surface area contributed by atoms with E-state index < -0.39 is 0 Å². The molecule has 0 heterocycles. The van der Waals surface area contributed by atoms with Gasteiger partial charge in [0.05, 0.1) is 0 Å². The van der Waals surface area contributed by atoms with Gasteiger partial charge in [-0.05, 0) is 6.92 Å². The van der Waals surface area contributed by atoms with Gasteiger partial charge in [0.25, 0.3) is 0 Å². The topological polar surface area (TPSA) is 0 Å². The number of hydrogen-bond acceptors (Lipinski definition) is 0. The number of hydrogen-bond donors (Lipinski definition) is 0. The Bertz CT molecular complexity index is 202. The molecule has 0 N–H and O–H groups in total. The van der Waals surface area contributed by atoms with E-state index in [4.69, 9.17) is 0 Å². The third kappa shape index (κ3) is 13.7. The van der Waals surface area contributed by atoms with Crippen molar-refractivity contribution in [3.8, 4) is 0 Å². The Morgan fingerprint density at radius 2 is 1.46 bits per heavy atom. The second-order valence-electron chi connectivity index (χ2n) is 2.12. The van der Waals surface area contributed by atoms with Crippen LogP contribution in [0.1, 0.15) is 20.8 Å². The van der Waals surface area contributed by atoms with Crippen LogP contribution in [0.2, 0.25) is 0 Å². The molecule has 0 heteroatoms. The Morgan fingerprint density at radius 3 is 1.92 bits per heavy atom. The van der Waals surface area contributed by atoms with Crippen LogP contribution in [0.3, 0.4) is 0 Å². The first kappa shape index (κ1) is 14.2. The summed E-state index contributed by atoms with van der Waals surface area (Å²) in [5, 5.41) is 0. The predicted molar refractivity (Wildman–Crippen MR) is 63.8 cm³/mol. The van der Waals surface area contributed by atoms with Gasteiger partial charge in [-0.15, -0.1) is 0 Å². The van der Waals surface area contributed by atoms with Crippen molar-refractivity contribution in [1.82, 2.24) is 0 Å². The van der Waals surface area contributed by atoms with Gasteiger partial charge < -0.3 is 0 Å². The molecule has 0 saturated heterocycles. The van der Waals surface area contributed by atoms with Crippen molar-refractivity contribution in [1.29, 1.82) is 0 Å². The zero-order valence-electron chi connectivity index (χ0n) is 8.96. The first-order chi connectivity index (χ1) is 6.31. The van der Waals surface area contributed by atoms with Crippen molar-refractivity contribution in [2.75, 3.05) is 0 Å². The van der Waals surface area contributed by atoms with Crippen molar-refractivity contribution in [3.63, 3.8) is 0 Å². The lowest BCUT2D eigenvalue weighted by Gasteiger charge is -1.82. The molecule has 0 unspecified atom stereocenters. The largest absolute Gasteiger partial charge is 0.0991 e. The molecule has 0 rings (SSSR count). The fourth-order valence-corrected chi connectivity index (χ4v) is 0.482. The van der Waals surface area contributed by atoms with Crippen LogP contribution in [0.5, 0.6) is 0 Å². The van der Waals surface area contributed by atoms with Crippen molar-refractivity contribution in [2.24, 2.45) is 0 Å². The highest BCUT2D eigenvalue weighted by Crippen LogP contribution is 1.92. The highest BCUT2D eigenvalue weighted by atomic mass is 13.8. The number of allylic oxidation sites excluding steroid dienone is 8. The standard InChI is InChI=1S/C11H14.C2H6/c1-4-6-7-8-9-10-11(3)5-2;1-2/h4-10H,1-2H2,3H3;1-2H3/b7-6+,9-8-,11-10+;. The average Bonchev–Trinajstić information content (AvgIpc) is 2.20. The van der Waals surface area contributed by atoms with Gasteiger partial charge in [0.2, 0.25) is 0 Å². The Balaban J connectivity index is 0. The molecule has 72 valence electrons. The van der Waals surface area contributed by atoms with Gasteiger partial charge in [-0.3, -0.25) is 0 Å². The molecule has 0 aliphatic rings. The van der Waals surface area contributed by atoms with Crippen LogP contribution in [-0.4, -0.2) is 0 Å². The normalized spacial score (nSPS) is 11.2. The van der Waals surface area contributed by atoms with Crippen LogP contribution in [0.4, 0.5) is 0 Å². The highest BCUT2D eigenvalue weighted by Gasteiger charge is 1.71. The molecule has 0 aromatic rings. The zero-order chi connectivity index (χ0) is 10.5. The summed E-state index contributed by atoms with van der Waals surface area (Å²) in [6.07, 6.45) is 13.3. The molecule has 0 aromatic carbocycles. The van der Waals surface area contributed by atoms with E-state index in [0.29, 0.717) is 0 Å². The van der Waals surface area contributed by atoms with E-state index in [1.807, 2.05) is 57.2 Å². The first-order valence-electron chi connectivity index (χ1n) is 4.56. The van der Waals surface area contributed by atoms with Crippen LogP contribution >= 0.6 is 0 Å². The molecular formula is C13H20. The molecule has 0 aromatic heterocycles. The summed E-state index contributed by atoms with van der Waals surface area (Å²) in [4.78, 5) is 0. The summed E-state index contributed by atoms with van der Waals surface area (Å²) in [7, 11) is 0. The Morgan fingerprint density at radius 1 is 0.923 bits per heavy atom. The monoisotopic (exact) mass is 176 g/mol. The first-order valence-corrected chi connectivity index (χ1v) is 4.56. The molecule has 0 fully saturated rings. The van der Waals surface area contributed by atoms with E-state index in [0.717, 1.165) is 5.57 Å². The fourth-order valence-electron chi connectivity index (χ4n) is 0.482. The molecule has 0 atom stereocenters. The van der Waals surface area contributed by atoms with E-state index >= 15 is 0 Å². The smallest absolute Gasteiger partial charge is 0.0398 e. The van der Waals surface area contributed by atoms with Gasteiger partial charge in [0.15, 0.2) is 0 Å². The maximum Gasteiger partial charge on any atom is -0.0398 e. The van der Waals surface area contributed by atoms with Crippen molar-refractivity contribution in [2.45, 2.75) is 20.8 Å². The highest BCUT2D eigenvalue weighted by molar-refractivity contribution is 5.22. The molecule has 0 nitrogen and oxygen atoms in total. The van der Waals surface area contributed by atoms with E-state index in [-0.39, 0.29) is 0 Å². The maximum absolute atomic E-state index is 3.64. The predicted octanol–water partition coefficient (Wildman–Crippen LogP) is 4.44. The SMILES string of the molecule is C=C/C=C/C=C\C=C(/C)C=C.CC. The van der Waals surface area contributed by atoms with E-state index in [2.05, 4.69) is 13.2 Å². The molecule has 0 amide bonds. The molecule has 0 bridgehead atoms. The van der Waals surface area contributed by atoms with Crippen LogP contribution < -0.4 is 0 Å². The average molecular weight is 176 g/mol. The number of rotatable bonds is 4. The summed E-state index contributed by atoms with van der Waals surface area (Å²) in [6.45, 7) is 13.2. The van der Waals surface area contributed by atoms with Crippen LogP contribution in [0, 0.1) is 0 Å². The van der Waals surface area contributed by atoms with E-state index in [1.165, 1.54) is 0 Å². The molecule has 0 aliphatic carbocycles. The molecule has 0 radical (unpaired) electrons. The van der Waals surface area contributed by atoms with Crippen LogP contribution in [0.25, 0.3) is 0 Å². The lowest BCUT2D eigenvalue weighted by atomic mass is 10.3. The van der Waals surface area contributed by atoms with Gasteiger partial charge >= 0.3 is 0 Å². The lowest BCUT2D eigenvalue weighted by molar-refractivity contribution is 1.50. The van der Waals surface area contributed by atoms with E-state index in [9.17, 15) is 0 Å². The molecular weight excluding hydrogens is 156 g/mol. The van der Waals surface area contributed by atoms with Gasteiger partial charge in [0.1, 0.15) is 0 Å². The second kappa shape index (κ2) is 13.3. The molecule has 0 aliphatic heterocycles. The Labute approximate surface area is 82.7 Å². The fraction of sp³-hybridized carbons (Fsp3) is 0.231. The third-order valence-electron chi connectivity index (χ3n) is 1.15.